The molecule has 0 unspecified atom stereocenters. The van der Waals surface area contributed by atoms with E-state index in [0.29, 0.717) is 34.1 Å². The van der Waals surface area contributed by atoms with Crippen LogP contribution in [0, 0.1) is 0 Å². The summed E-state index contributed by atoms with van der Waals surface area (Å²) in [5, 5.41) is 15.3. The highest BCUT2D eigenvalue weighted by Gasteiger charge is 2.20. The Morgan fingerprint density at radius 2 is 1.44 bits per heavy atom. The van der Waals surface area contributed by atoms with Crippen LogP contribution in [-0.4, -0.2) is 38.4 Å². The molecule has 3 rings (SSSR count). The third kappa shape index (κ3) is 6.18. The number of rotatable bonds is 9. The van der Waals surface area contributed by atoms with Gasteiger partial charge in [0.05, 0.1) is 33.1 Å². The smallest absolute Gasteiger partial charge is 0.408 e. The largest absolute Gasteiger partial charge is 0.506 e. The number of para-hydroxylation sites is 2. The summed E-state index contributed by atoms with van der Waals surface area (Å²) in [4.78, 5) is 25.0. The monoisotopic (exact) mass is 494 g/mol. The Morgan fingerprint density at radius 1 is 0.833 bits per heavy atom. The first-order valence-electron chi connectivity index (χ1n) is 11.2. The fraction of sp³-hybridized carbons (Fsp3) is 0.259. The van der Waals surface area contributed by atoms with E-state index in [-0.39, 0.29) is 17.7 Å². The molecule has 0 aliphatic rings. The number of alkyl carbamates (subject to hydrolysis) is 1. The molecule has 2 amide bonds. The van der Waals surface area contributed by atoms with E-state index < -0.39 is 12.2 Å². The molecule has 9 nitrogen and oxygen atoms in total. The number of carbonyl (C=O) groups is 2. The molecular weight excluding hydrogens is 464 g/mol. The Bertz CT molecular complexity index is 1190. The first kappa shape index (κ1) is 26.2. The summed E-state index contributed by atoms with van der Waals surface area (Å²) in [6.07, 6.45) is -1.20. The minimum atomic E-state index is -0.606. The van der Waals surface area contributed by atoms with Gasteiger partial charge in [-0.1, -0.05) is 24.3 Å². The number of phenols is 1. The summed E-state index contributed by atoms with van der Waals surface area (Å²) < 4.78 is 21.6. The Kier molecular flexibility index (Phi) is 8.61. The second-order valence-corrected chi connectivity index (χ2v) is 7.97. The van der Waals surface area contributed by atoms with Crippen molar-refractivity contribution in [3.8, 4) is 23.0 Å². The van der Waals surface area contributed by atoms with Crippen LogP contribution in [0.15, 0.2) is 60.7 Å². The van der Waals surface area contributed by atoms with E-state index in [0.717, 1.165) is 5.56 Å². The van der Waals surface area contributed by atoms with Gasteiger partial charge in [0.25, 0.3) is 5.91 Å². The molecule has 3 aromatic carbocycles. The average Bonchev–Trinajstić information content (AvgIpc) is 2.88. The van der Waals surface area contributed by atoms with Crippen LogP contribution in [-0.2, 0) is 4.74 Å². The van der Waals surface area contributed by atoms with Gasteiger partial charge in [-0.25, -0.2) is 4.79 Å². The Labute approximate surface area is 210 Å². The maximum absolute atomic E-state index is 12.5. The van der Waals surface area contributed by atoms with Crippen molar-refractivity contribution in [1.82, 2.24) is 5.32 Å². The zero-order valence-electron chi connectivity index (χ0n) is 20.8. The molecule has 3 N–H and O–H groups in total. The van der Waals surface area contributed by atoms with Gasteiger partial charge in [0.1, 0.15) is 11.9 Å². The minimum absolute atomic E-state index is 0.0143. The van der Waals surface area contributed by atoms with Crippen LogP contribution in [0.2, 0.25) is 0 Å². The zero-order valence-corrected chi connectivity index (χ0v) is 20.8. The number of aromatic hydroxyl groups is 1. The van der Waals surface area contributed by atoms with Gasteiger partial charge in [0.2, 0.25) is 5.75 Å². The number of methoxy groups -OCH3 is 3. The molecule has 0 bridgehead atoms. The highest BCUT2D eigenvalue weighted by molar-refractivity contribution is 6.05. The van der Waals surface area contributed by atoms with E-state index in [2.05, 4.69) is 10.6 Å². The van der Waals surface area contributed by atoms with Gasteiger partial charge in [-0.3, -0.25) is 4.79 Å². The quantitative estimate of drug-likeness (QED) is 0.349. The summed E-state index contributed by atoms with van der Waals surface area (Å²) in [5.41, 5.74) is 2.19. The van der Waals surface area contributed by atoms with Crippen LogP contribution < -0.4 is 24.8 Å². The van der Waals surface area contributed by atoms with Crippen molar-refractivity contribution in [2.45, 2.75) is 26.0 Å². The highest BCUT2D eigenvalue weighted by Crippen LogP contribution is 2.40. The van der Waals surface area contributed by atoms with Gasteiger partial charge < -0.3 is 34.7 Å². The molecule has 0 aliphatic carbocycles. The van der Waals surface area contributed by atoms with Crippen LogP contribution in [0.25, 0.3) is 0 Å². The molecule has 2 atom stereocenters. The van der Waals surface area contributed by atoms with Crippen LogP contribution in [0.3, 0.4) is 0 Å². The molecule has 36 heavy (non-hydrogen) atoms. The van der Waals surface area contributed by atoms with Gasteiger partial charge in [-0.2, -0.15) is 0 Å². The lowest BCUT2D eigenvalue weighted by atomic mass is 10.1. The molecule has 0 saturated heterocycles. The third-order valence-electron chi connectivity index (χ3n) is 5.60. The van der Waals surface area contributed by atoms with E-state index in [1.165, 1.54) is 27.4 Å². The van der Waals surface area contributed by atoms with Crippen molar-refractivity contribution in [2.75, 3.05) is 26.6 Å². The number of phenolic OH excluding ortho intramolecular Hbond substituents is 1. The fourth-order valence-electron chi connectivity index (χ4n) is 3.56. The molecule has 0 heterocycles. The van der Waals surface area contributed by atoms with Crippen molar-refractivity contribution in [2.24, 2.45) is 0 Å². The van der Waals surface area contributed by atoms with E-state index in [4.69, 9.17) is 18.9 Å². The summed E-state index contributed by atoms with van der Waals surface area (Å²) in [5.74, 6) is 0.999. The maximum atomic E-state index is 12.5. The second kappa shape index (κ2) is 11.8. The first-order valence-corrected chi connectivity index (χ1v) is 11.2. The predicted molar refractivity (Wildman–Crippen MR) is 135 cm³/mol. The molecular formula is C27H30N2O7. The lowest BCUT2D eigenvalue weighted by molar-refractivity contribution is 0.102. The molecule has 0 radical (unpaired) electrons. The minimum Gasteiger partial charge on any atom is -0.506 e. The summed E-state index contributed by atoms with van der Waals surface area (Å²) in [7, 11) is 4.55. The number of benzene rings is 3. The maximum Gasteiger partial charge on any atom is 0.408 e. The number of carbonyl (C=O) groups excluding carboxylic acids is 2. The van der Waals surface area contributed by atoms with E-state index >= 15 is 0 Å². The van der Waals surface area contributed by atoms with E-state index in [9.17, 15) is 14.7 Å². The Balaban J connectivity index is 1.61. The van der Waals surface area contributed by atoms with E-state index in [1.54, 1.807) is 61.5 Å². The summed E-state index contributed by atoms with van der Waals surface area (Å²) >= 11 is 0. The number of amides is 2. The molecule has 0 aliphatic heterocycles. The van der Waals surface area contributed by atoms with Crippen LogP contribution >= 0.6 is 0 Å². The SMILES string of the molecule is COc1cc([C@H](C)OC(=O)N[C@@H](C)c2ccc(C(=O)Nc3ccccc3O)cc2)cc(OC)c1OC. The van der Waals surface area contributed by atoms with Crippen molar-refractivity contribution >= 4 is 17.7 Å². The lowest BCUT2D eigenvalue weighted by Crippen LogP contribution is -2.28. The topological polar surface area (TPSA) is 115 Å². The van der Waals surface area contributed by atoms with Crippen LogP contribution in [0.1, 0.15) is 47.5 Å². The number of nitrogens with one attached hydrogen (secondary N) is 2. The van der Waals surface area contributed by atoms with Crippen molar-refractivity contribution < 1.29 is 33.6 Å². The predicted octanol–water partition coefficient (Wildman–Crippen LogP) is 5.22. The van der Waals surface area contributed by atoms with Gasteiger partial charge in [-0.15, -0.1) is 0 Å². The fourth-order valence-corrected chi connectivity index (χ4v) is 3.56. The normalized spacial score (nSPS) is 12.1. The van der Waals surface area contributed by atoms with Crippen molar-refractivity contribution in [3.05, 3.63) is 77.4 Å². The molecule has 0 saturated carbocycles. The molecule has 9 heteroatoms. The summed E-state index contributed by atoms with van der Waals surface area (Å²) in [6.45, 7) is 3.55. The van der Waals surface area contributed by atoms with Gasteiger partial charge in [0, 0.05) is 5.56 Å². The standard InChI is InChI=1S/C27H30N2O7/c1-16(18-10-12-19(13-11-18)26(31)29-21-8-6-7-9-22(21)30)28-27(32)36-17(2)20-14-23(33-3)25(35-5)24(15-20)34-4/h6-17,30H,1-5H3,(H,28,32)(H,29,31)/t16-,17-/m0/s1. The number of ether oxygens (including phenoxy) is 4. The number of anilines is 1. The van der Waals surface area contributed by atoms with Crippen molar-refractivity contribution in [3.63, 3.8) is 0 Å². The van der Waals surface area contributed by atoms with Crippen molar-refractivity contribution in [1.29, 1.82) is 0 Å². The molecule has 3 aromatic rings. The first-order chi connectivity index (χ1) is 17.3. The molecule has 0 spiro atoms. The highest BCUT2D eigenvalue weighted by atomic mass is 16.6. The molecule has 0 fully saturated rings. The van der Waals surface area contributed by atoms with Crippen LogP contribution in [0.4, 0.5) is 10.5 Å². The lowest BCUT2D eigenvalue weighted by Gasteiger charge is -2.20. The number of hydrogen-bond acceptors (Lipinski definition) is 7. The molecule has 190 valence electrons. The molecule has 0 aromatic heterocycles. The van der Waals surface area contributed by atoms with Gasteiger partial charge in [-0.05, 0) is 61.4 Å². The number of hydrogen-bond donors (Lipinski definition) is 3. The average molecular weight is 495 g/mol. The zero-order chi connectivity index (χ0) is 26.2. The third-order valence-corrected chi connectivity index (χ3v) is 5.60. The summed E-state index contributed by atoms with van der Waals surface area (Å²) in [6, 6.07) is 16.3. The van der Waals surface area contributed by atoms with Gasteiger partial charge >= 0.3 is 6.09 Å². The Morgan fingerprint density at radius 3 is 2.00 bits per heavy atom. The van der Waals surface area contributed by atoms with E-state index in [1.807, 2.05) is 6.92 Å². The Hall–Kier alpha value is -4.40. The van der Waals surface area contributed by atoms with Crippen LogP contribution in [0.5, 0.6) is 23.0 Å². The second-order valence-electron chi connectivity index (χ2n) is 7.97. The van der Waals surface area contributed by atoms with Gasteiger partial charge in [0.15, 0.2) is 11.5 Å².